The second-order valence-electron chi connectivity index (χ2n) is 3.93. The van der Waals surface area contributed by atoms with Crippen molar-refractivity contribution >= 4 is 0 Å². The van der Waals surface area contributed by atoms with Crippen LogP contribution >= 0.6 is 0 Å². The summed E-state index contributed by atoms with van der Waals surface area (Å²) < 4.78 is 0. The number of likely N-dealkylation sites (N-methyl/N-ethyl adjacent to an activating group) is 1. The van der Waals surface area contributed by atoms with Crippen LogP contribution in [0.2, 0.25) is 0 Å². The Labute approximate surface area is 105 Å². The Kier molecular flexibility index (Phi) is 3.74. The highest BCUT2D eigenvalue weighted by molar-refractivity contribution is 5.66. The molecule has 18 heavy (non-hydrogen) atoms. The van der Waals surface area contributed by atoms with Crippen LogP contribution in [0, 0.1) is 0 Å². The molecule has 5 heteroatoms. The molecule has 5 nitrogen and oxygen atoms in total. The Morgan fingerprint density at radius 3 is 2.67 bits per heavy atom. The number of nitrogens with one attached hydrogen (secondary N) is 2. The van der Waals surface area contributed by atoms with E-state index in [1.807, 2.05) is 25.2 Å². The maximum atomic E-state index is 11.9. The first-order chi connectivity index (χ1) is 8.72. The third-order valence-corrected chi connectivity index (χ3v) is 2.62. The summed E-state index contributed by atoms with van der Waals surface area (Å²) in [5, 5.41) is 12.8. The lowest BCUT2D eigenvalue weighted by atomic mass is 10.1. The van der Waals surface area contributed by atoms with Crippen LogP contribution < -0.4 is 10.9 Å². The van der Waals surface area contributed by atoms with E-state index in [9.17, 15) is 9.90 Å². The van der Waals surface area contributed by atoms with Gasteiger partial charge < -0.3 is 15.4 Å². The number of rotatable bonds is 4. The number of hydrogen-bond acceptors (Lipinski definition) is 4. The molecule has 0 aliphatic heterocycles. The Hall–Kier alpha value is -2.14. The van der Waals surface area contributed by atoms with E-state index in [-0.39, 0.29) is 17.0 Å². The molecule has 0 saturated carbocycles. The molecule has 0 spiro atoms. The Morgan fingerprint density at radius 2 is 2.06 bits per heavy atom. The van der Waals surface area contributed by atoms with Gasteiger partial charge in [0, 0.05) is 13.0 Å². The average Bonchev–Trinajstić information content (AvgIpc) is 2.37. The van der Waals surface area contributed by atoms with E-state index in [4.69, 9.17) is 0 Å². The molecule has 0 aliphatic rings. The first-order valence-electron chi connectivity index (χ1n) is 5.74. The SMILES string of the molecule is CNCCc1nc(O)c(-c2ccccc2)c(=O)[nH]1. The van der Waals surface area contributed by atoms with Gasteiger partial charge in [-0.2, -0.15) is 4.98 Å². The summed E-state index contributed by atoms with van der Waals surface area (Å²) >= 11 is 0. The van der Waals surface area contributed by atoms with Gasteiger partial charge >= 0.3 is 0 Å². The summed E-state index contributed by atoms with van der Waals surface area (Å²) in [4.78, 5) is 18.6. The minimum Gasteiger partial charge on any atom is -0.493 e. The van der Waals surface area contributed by atoms with Crippen LogP contribution in [0.1, 0.15) is 5.82 Å². The van der Waals surface area contributed by atoms with Gasteiger partial charge in [0.1, 0.15) is 11.4 Å². The molecule has 2 aromatic rings. The van der Waals surface area contributed by atoms with Crippen molar-refractivity contribution < 1.29 is 5.11 Å². The number of aromatic nitrogens is 2. The Morgan fingerprint density at radius 1 is 1.33 bits per heavy atom. The molecule has 1 heterocycles. The van der Waals surface area contributed by atoms with Crippen LogP contribution in [0.4, 0.5) is 0 Å². The van der Waals surface area contributed by atoms with Crippen molar-refractivity contribution in [3.05, 3.63) is 46.5 Å². The fourth-order valence-corrected chi connectivity index (χ4v) is 1.73. The van der Waals surface area contributed by atoms with Crippen molar-refractivity contribution in [1.29, 1.82) is 0 Å². The Bertz CT molecular complexity index is 579. The molecular weight excluding hydrogens is 230 g/mol. The van der Waals surface area contributed by atoms with Crippen molar-refractivity contribution in [1.82, 2.24) is 15.3 Å². The van der Waals surface area contributed by atoms with Gasteiger partial charge in [0.15, 0.2) is 0 Å². The van der Waals surface area contributed by atoms with Gasteiger partial charge in [0.05, 0.1) is 0 Å². The molecule has 94 valence electrons. The lowest BCUT2D eigenvalue weighted by molar-refractivity contribution is 0.449. The van der Waals surface area contributed by atoms with Crippen molar-refractivity contribution in [3.63, 3.8) is 0 Å². The summed E-state index contributed by atoms with van der Waals surface area (Å²) in [7, 11) is 1.82. The number of nitrogens with zero attached hydrogens (tertiary/aromatic N) is 1. The summed E-state index contributed by atoms with van der Waals surface area (Å²) in [5.74, 6) is 0.252. The van der Waals surface area contributed by atoms with E-state index < -0.39 is 0 Å². The largest absolute Gasteiger partial charge is 0.493 e. The zero-order chi connectivity index (χ0) is 13.0. The van der Waals surface area contributed by atoms with E-state index in [2.05, 4.69) is 15.3 Å². The Balaban J connectivity index is 2.42. The third kappa shape index (κ3) is 2.57. The fourth-order valence-electron chi connectivity index (χ4n) is 1.73. The monoisotopic (exact) mass is 245 g/mol. The highest BCUT2D eigenvalue weighted by Crippen LogP contribution is 2.22. The highest BCUT2D eigenvalue weighted by atomic mass is 16.3. The minimum atomic E-state index is -0.320. The van der Waals surface area contributed by atoms with E-state index in [1.54, 1.807) is 12.1 Å². The third-order valence-electron chi connectivity index (χ3n) is 2.62. The summed E-state index contributed by atoms with van der Waals surface area (Å²) in [5.41, 5.74) is 0.549. The van der Waals surface area contributed by atoms with Crippen molar-refractivity contribution in [2.24, 2.45) is 0 Å². The molecule has 0 atom stereocenters. The van der Waals surface area contributed by atoms with Crippen LogP contribution in [0.3, 0.4) is 0 Å². The van der Waals surface area contributed by atoms with Crippen LogP contribution in [0.25, 0.3) is 11.1 Å². The highest BCUT2D eigenvalue weighted by Gasteiger charge is 2.12. The predicted molar refractivity (Wildman–Crippen MR) is 69.6 cm³/mol. The van der Waals surface area contributed by atoms with E-state index in [0.29, 0.717) is 24.4 Å². The molecule has 0 fully saturated rings. The standard InChI is InChI=1S/C13H15N3O2/c1-14-8-7-10-15-12(17)11(13(18)16-10)9-5-3-2-4-6-9/h2-6,14H,7-8H2,1H3,(H2,15,16,17,18). The number of aromatic amines is 1. The van der Waals surface area contributed by atoms with Crippen molar-refractivity contribution in [3.8, 4) is 17.0 Å². The molecular formula is C13H15N3O2. The molecule has 1 aromatic heterocycles. The second-order valence-corrected chi connectivity index (χ2v) is 3.93. The van der Waals surface area contributed by atoms with Crippen molar-refractivity contribution in [2.75, 3.05) is 13.6 Å². The maximum absolute atomic E-state index is 11.9. The van der Waals surface area contributed by atoms with Crippen molar-refractivity contribution in [2.45, 2.75) is 6.42 Å². The number of benzene rings is 1. The topological polar surface area (TPSA) is 78.0 Å². The minimum absolute atomic E-state index is 0.212. The molecule has 0 saturated heterocycles. The number of hydrogen-bond donors (Lipinski definition) is 3. The van der Waals surface area contributed by atoms with E-state index in [1.165, 1.54) is 0 Å². The fraction of sp³-hybridized carbons (Fsp3) is 0.231. The number of H-pyrrole nitrogens is 1. The molecule has 3 N–H and O–H groups in total. The van der Waals surface area contributed by atoms with Crippen LogP contribution in [-0.4, -0.2) is 28.7 Å². The van der Waals surface area contributed by atoms with Gasteiger partial charge in [-0.25, -0.2) is 0 Å². The normalized spacial score (nSPS) is 10.5. The second kappa shape index (κ2) is 5.46. The van der Waals surface area contributed by atoms with Gasteiger partial charge in [-0.15, -0.1) is 0 Å². The molecule has 0 aliphatic carbocycles. The summed E-state index contributed by atoms with van der Waals surface area (Å²) in [6, 6.07) is 8.99. The van der Waals surface area contributed by atoms with E-state index >= 15 is 0 Å². The first-order valence-corrected chi connectivity index (χ1v) is 5.74. The zero-order valence-corrected chi connectivity index (χ0v) is 10.1. The average molecular weight is 245 g/mol. The summed E-state index contributed by atoms with van der Waals surface area (Å²) in [6.07, 6.45) is 0.564. The molecule has 2 rings (SSSR count). The number of aromatic hydroxyl groups is 1. The molecule has 0 amide bonds. The van der Waals surface area contributed by atoms with E-state index in [0.717, 1.165) is 0 Å². The van der Waals surface area contributed by atoms with Crippen LogP contribution in [0.15, 0.2) is 35.1 Å². The van der Waals surface area contributed by atoms with Gasteiger partial charge in [-0.05, 0) is 12.6 Å². The maximum Gasteiger partial charge on any atom is 0.262 e. The molecule has 1 aromatic carbocycles. The summed E-state index contributed by atoms with van der Waals surface area (Å²) in [6.45, 7) is 0.688. The first kappa shape index (κ1) is 12.3. The van der Waals surface area contributed by atoms with Gasteiger partial charge in [0.25, 0.3) is 5.56 Å². The lowest BCUT2D eigenvalue weighted by Crippen LogP contribution is -2.18. The van der Waals surface area contributed by atoms with Gasteiger partial charge in [-0.3, -0.25) is 4.79 Å². The van der Waals surface area contributed by atoms with Crippen LogP contribution in [0.5, 0.6) is 5.88 Å². The molecule has 0 radical (unpaired) electrons. The van der Waals surface area contributed by atoms with Crippen LogP contribution in [-0.2, 0) is 6.42 Å². The molecule has 0 bridgehead atoms. The quantitative estimate of drug-likeness (QED) is 0.748. The van der Waals surface area contributed by atoms with Gasteiger partial charge in [0.2, 0.25) is 5.88 Å². The predicted octanol–water partition coefficient (Wildman–Crippen LogP) is 0.904. The zero-order valence-electron chi connectivity index (χ0n) is 10.1. The molecule has 0 unspecified atom stereocenters. The van der Waals surface area contributed by atoms with Gasteiger partial charge in [-0.1, -0.05) is 30.3 Å². The lowest BCUT2D eigenvalue weighted by Gasteiger charge is -2.05. The smallest absolute Gasteiger partial charge is 0.262 e.